The third-order valence-corrected chi connectivity index (χ3v) is 9.32. The minimum atomic E-state index is -0.924. The van der Waals surface area contributed by atoms with Gasteiger partial charge in [-0.3, -0.25) is 0 Å². The number of carboxylic acids is 1. The van der Waals surface area contributed by atoms with E-state index in [0.29, 0.717) is 33.8 Å². The molecular weight excluding hydrogens is 569 g/mol. The number of anilines is 1. The van der Waals surface area contributed by atoms with Gasteiger partial charge in [0.1, 0.15) is 11.5 Å². The van der Waals surface area contributed by atoms with Crippen molar-refractivity contribution in [1.82, 2.24) is 10.1 Å². The van der Waals surface area contributed by atoms with Crippen molar-refractivity contribution in [2.45, 2.75) is 58.2 Å². The Morgan fingerprint density at radius 1 is 1.10 bits per heavy atom. The van der Waals surface area contributed by atoms with Crippen molar-refractivity contribution < 1.29 is 19.2 Å². The van der Waals surface area contributed by atoms with Gasteiger partial charge >= 0.3 is 5.97 Å². The van der Waals surface area contributed by atoms with Crippen molar-refractivity contribution in [1.29, 1.82) is 0 Å². The monoisotopic (exact) mass is 597 g/mol. The standard InChI is InChI=1S/C30H29Cl2N3O4S/c1-16-14-19(29(36)37)8-9-21(16)26-17(2)40-30(33-26)35-12-10-20(11-13-35)38-15-22-27(34-39-28(22)18-6-7-18)25-23(31)4-3-5-24(25)32/h3-5,8-9,14,18,20H,6-7,10-13,15H2,1-2H3,(H,36,37). The van der Waals surface area contributed by atoms with Gasteiger partial charge in [0.05, 0.1) is 34.0 Å². The quantitative estimate of drug-likeness (QED) is 0.219. The molecule has 0 amide bonds. The first-order valence-corrected chi connectivity index (χ1v) is 15.0. The molecule has 6 rings (SSSR count). The molecule has 40 heavy (non-hydrogen) atoms. The second-order valence-corrected chi connectivity index (χ2v) is 12.5. The fourth-order valence-corrected chi connectivity index (χ4v) is 6.84. The summed E-state index contributed by atoms with van der Waals surface area (Å²) in [7, 11) is 0. The third kappa shape index (κ3) is 5.38. The highest BCUT2D eigenvalue weighted by atomic mass is 35.5. The number of piperidine rings is 1. The number of rotatable bonds is 8. The Kier molecular flexibility index (Phi) is 7.61. The minimum Gasteiger partial charge on any atom is -0.478 e. The average Bonchev–Trinajstić information content (AvgIpc) is 3.59. The smallest absolute Gasteiger partial charge is 0.335 e. The van der Waals surface area contributed by atoms with Gasteiger partial charge in [-0.15, -0.1) is 11.3 Å². The van der Waals surface area contributed by atoms with Crippen LogP contribution in [0.2, 0.25) is 10.0 Å². The molecule has 2 aromatic heterocycles. The molecule has 0 radical (unpaired) electrons. The topological polar surface area (TPSA) is 88.7 Å². The van der Waals surface area contributed by atoms with E-state index in [1.807, 2.05) is 31.2 Å². The summed E-state index contributed by atoms with van der Waals surface area (Å²) in [6.07, 6.45) is 4.06. The first kappa shape index (κ1) is 27.3. The fraction of sp³-hybridized carbons (Fsp3) is 0.367. The molecule has 2 fully saturated rings. The lowest BCUT2D eigenvalue weighted by atomic mass is 10.0. The van der Waals surface area contributed by atoms with Crippen molar-refractivity contribution in [3.05, 3.63) is 73.8 Å². The summed E-state index contributed by atoms with van der Waals surface area (Å²) in [5.41, 5.74) is 5.39. The zero-order chi connectivity index (χ0) is 28.0. The number of halogens is 2. The van der Waals surface area contributed by atoms with Crippen LogP contribution in [0.4, 0.5) is 5.13 Å². The minimum absolute atomic E-state index is 0.110. The van der Waals surface area contributed by atoms with Crippen LogP contribution in [-0.2, 0) is 11.3 Å². The van der Waals surface area contributed by atoms with Crippen LogP contribution in [0.5, 0.6) is 0 Å². The molecule has 1 saturated carbocycles. The molecule has 3 heterocycles. The van der Waals surface area contributed by atoms with E-state index in [9.17, 15) is 9.90 Å². The molecule has 0 spiro atoms. The van der Waals surface area contributed by atoms with Gasteiger partial charge in [-0.1, -0.05) is 40.5 Å². The maximum atomic E-state index is 11.3. The number of ether oxygens (including phenoxy) is 1. The van der Waals surface area contributed by atoms with Gasteiger partial charge in [0, 0.05) is 40.6 Å². The molecule has 10 heteroatoms. The summed E-state index contributed by atoms with van der Waals surface area (Å²) >= 11 is 14.7. The lowest BCUT2D eigenvalue weighted by molar-refractivity contribution is 0.0246. The van der Waals surface area contributed by atoms with Gasteiger partial charge in [-0.2, -0.15) is 0 Å². The van der Waals surface area contributed by atoms with Gasteiger partial charge in [0.25, 0.3) is 0 Å². The Morgan fingerprint density at radius 3 is 2.48 bits per heavy atom. The fourth-order valence-electron chi connectivity index (χ4n) is 5.29. The van der Waals surface area contributed by atoms with Crippen LogP contribution in [-0.4, -0.2) is 40.4 Å². The van der Waals surface area contributed by atoms with Crippen LogP contribution in [0, 0.1) is 13.8 Å². The molecule has 0 bridgehead atoms. The summed E-state index contributed by atoms with van der Waals surface area (Å²) in [6, 6.07) is 10.6. The number of hydrogen-bond donors (Lipinski definition) is 1. The number of nitrogens with zero attached hydrogens (tertiary/aromatic N) is 3. The van der Waals surface area contributed by atoms with Crippen molar-refractivity contribution in [3.8, 4) is 22.5 Å². The largest absolute Gasteiger partial charge is 0.478 e. The number of hydrogen-bond acceptors (Lipinski definition) is 7. The third-order valence-electron chi connectivity index (χ3n) is 7.66. The summed E-state index contributed by atoms with van der Waals surface area (Å²) in [6.45, 7) is 6.09. The molecule has 4 aromatic rings. The summed E-state index contributed by atoms with van der Waals surface area (Å²) < 4.78 is 12.2. The zero-order valence-electron chi connectivity index (χ0n) is 22.2. The highest BCUT2D eigenvalue weighted by molar-refractivity contribution is 7.16. The summed E-state index contributed by atoms with van der Waals surface area (Å²) in [4.78, 5) is 19.7. The Balaban J connectivity index is 1.13. The summed E-state index contributed by atoms with van der Waals surface area (Å²) in [5, 5.41) is 15.7. The molecule has 0 unspecified atom stereocenters. The van der Waals surface area contributed by atoms with Gasteiger partial charge in [0.2, 0.25) is 0 Å². The molecule has 2 aliphatic rings. The van der Waals surface area contributed by atoms with E-state index < -0.39 is 5.97 Å². The Bertz CT molecular complexity index is 1550. The molecular formula is C30H29Cl2N3O4S. The molecule has 7 nitrogen and oxygen atoms in total. The summed E-state index contributed by atoms with van der Waals surface area (Å²) in [5.74, 6) is 0.349. The normalized spacial score (nSPS) is 16.1. The Morgan fingerprint density at radius 2 is 1.82 bits per heavy atom. The lowest BCUT2D eigenvalue weighted by Gasteiger charge is -2.31. The maximum Gasteiger partial charge on any atom is 0.335 e. The van der Waals surface area contributed by atoms with Crippen LogP contribution in [0.25, 0.3) is 22.5 Å². The van der Waals surface area contributed by atoms with Crippen LogP contribution in [0.3, 0.4) is 0 Å². The van der Waals surface area contributed by atoms with E-state index in [1.165, 1.54) is 0 Å². The Hall–Kier alpha value is -2.91. The van der Waals surface area contributed by atoms with E-state index >= 15 is 0 Å². The van der Waals surface area contributed by atoms with Crippen molar-refractivity contribution in [3.63, 3.8) is 0 Å². The number of aromatic carboxylic acids is 1. The predicted molar refractivity (Wildman–Crippen MR) is 158 cm³/mol. The molecule has 1 aliphatic heterocycles. The van der Waals surface area contributed by atoms with E-state index in [0.717, 1.165) is 76.9 Å². The number of carboxylic acid groups (broad SMARTS) is 1. The number of aryl methyl sites for hydroxylation is 2. The second kappa shape index (κ2) is 11.2. The zero-order valence-corrected chi connectivity index (χ0v) is 24.6. The Labute approximate surface area is 246 Å². The molecule has 1 aliphatic carbocycles. The van der Waals surface area contributed by atoms with E-state index in [-0.39, 0.29) is 11.7 Å². The number of benzene rings is 2. The molecule has 0 atom stereocenters. The average molecular weight is 599 g/mol. The number of thiazole rings is 1. The van der Waals surface area contributed by atoms with Crippen LogP contribution < -0.4 is 4.90 Å². The highest BCUT2D eigenvalue weighted by Gasteiger charge is 2.34. The first-order valence-electron chi connectivity index (χ1n) is 13.4. The van der Waals surface area contributed by atoms with E-state index in [1.54, 1.807) is 23.5 Å². The van der Waals surface area contributed by atoms with Gasteiger partial charge in [0.15, 0.2) is 5.13 Å². The van der Waals surface area contributed by atoms with Gasteiger partial charge < -0.3 is 19.3 Å². The number of carbonyl (C=O) groups is 1. The molecule has 2 aromatic carbocycles. The lowest BCUT2D eigenvalue weighted by Crippen LogP contribution is -2.37. The SMILES string of the molecule is Cc1cc(C(=O)O)ccc1-c1nc(N2CCC(OCc3c(-c4c(Cl)cccc4Cl)noc3C3CC3)CC2)sc1C. The van der Waals surface area contributed by atoms with Crippen molar-refractivity contribution in [2.24, 2.45) is 0 Å². The molecule has 208 valence electrons. The van der Waals surface area contributed by atoms with Crippen LogP contribution in [0.15, 0.2) is 40.9 Å². The maximum absolute atomic E-state index is 11.3. The van der Waals surface area contributed by atoms with Crippen LogP contribution >= 0.6 is 34.5 Å². The highest BCUT2D eigenvalue weighted by Crippen LogP contribution is 2.46. The second-order valence-electron chi connectivity index (χ2n) is 10.5. The van der Waals surface area contributed by atoms with Crippen LogP contribution in [0.1, 0.15) is 63.7 Å². The van der Waals surface area contributed by atoms with E-state index in [4.69, 9.17) is 37.4 Å². The van der Waals surface area contributed by atoms with E-state index in [2.05, 4.69) is 17.0 Å². The first-order chi connectivity index (χ1) is 19.3. The predicted octanol–water partition coefficient (Wildman–Crippen LogP) is 8.15. The van der Waals surface area contributed by atoms with Gasteiger partial charge in [-0.25, -0.2) is 9.78 Å². The molecule has 1 N–H and O–H groups in total. The van der Waals surface area contributed by atoms with Gasteiger partial charge in [-0.05, 0) is 69.4 Å². The van der Waals surface area contributed by atoms with Crippen molar-refractivity contribution >= 4 is 45.6 Å². The van der Waals surface area contributed by atoms with Crippen molar-refractivity contribution in [2.75, 3.05) is 18.0 Å². The molecule has 1 saturated heterocycles. The number of aromatic nitrogens is 2.